The molecule has 4 atom stereocenters. The summed E-state index contributed by atoms with van der Waals surface area (Å²) in [6.45, 7) is 5.63. The number of halogens is 1. The molecule has 1 aromatic carbocycles. The standard InChI is InChI=1S/C20H23FO3/c1-4-14-12-15(9-6-13-7-10-16(21)11-8-13)19(20(23)24-3)18(14)17(22)5-2/h4,6-11,14-15,18-19H,1,5,12H2,2-3H3/b9-6+/t14-,15+,18+,19+/m0/s1. The Hall–Kier alpha value is -2.23. The molecule has 4 heteroatoms. The number of hydrogen-bond donors (Lipinski definition) is 0. The Morgan fingerprint density at radius 1 is 1.25 bits per heavy atom. The zero-order valence-corrected chi connectivity index (χ0v) is 14.1. The number of methoxy groups -OCH3 is 1. The molecule has 0 unspecified atom stereocenters. The van der Waals surface area contributed by atoms with Gasteiger partial charge in [0.1, 0.15) is 11.6 Å². The summed E-state index contributed by atoms with van der Waals surface area (Å²) < 4.78 is 17.9. The molecule has 1 fully saturated rings. The van der Waals surface area contributed by atoms with E-state index in [1.807, 2.05) is 12.2 Å². The molecule has 0 amide bonds. The number of allylic oxidation sites excluding steroid dienone is 2. The topological polar surface area (TPSA) is 43.4 Å². The van der Waals surface area contributed by atoms with Gasteiger partial charge in [0.25, 0.3) is 0 Å². The predicted octanol–water partition coefficient (Wildman–Crippen LogP) is 4.05. The smallest absolute Gasteiger partial charge is 0.310 e. The van der Waals surface area contributed by atoms with Crippen molar-refractivity contribution in [1.82, 2.24) is 0 Å². The maximum Gasteiger partial charge on any atom is 0.310 e. The van der Waals surface area contributed by atoms with E-state index in [1.54, 1.807) is 25.1 Å². The van der Waals surface area contributed by atoms with Crippen LogP contribution < -0.4 is 0 Å². The van der Waals surface area contributed by atoms with E-state index in [1.165, 1.54) is 19.2 Å². The van der Waals surface area contributed by atoms with Gasteiger partial charge < -0.3 is 4.74 Å². The number of ketones is 1. The summed E-state index contributed by atoms with van der Waals surface area (Å²) in [6.07, 6.45) is 6.61. The molecule has 24 heavy (non-hydrogen) atoms. The van der Waals surface area contributed by atoms with Crippen LogP contribution in [0.1, 0.15) is 25.3 Å². The second-order valence-corrected chi connectivity index (χ2v) is 6.10. The van der Waals surface area contributed by atoms with Gasteiger partial charge in [0.2, 0.25) is 0 Å². The van der Waals surface area contributed by atoms with E-state index in [0.29, 0.717) is 12.8 Å². The number of benzene rings is 1. The minimum Gasteiger partial charge on any atom is -0.469 e. The molecular weight excluding hydrogens is 307 g/mol. The highest BCUT2D eigenvalue weighted by molar-refractivity contribution is 5.88. The van der Waals surface area contributed by atoms with Gasteiger partial charge in [0, 0.05) is 12.3 Å². The Labute approximate surface area is 142 Å². The fraction of sp³-hybridized carbons (Fsp3) is 0.400. The van der Waals surface area contributed by atoms with Gasteiger partial charge in [-0.05, 0) is 36.0 Å². The van der Waals surface area contributed by atoms with E-state index in [9.17, 15) is 14.0 Å². The second-order valence-electron chi connectivity index (χ2n) is 6.10. The normalized spacial score (nSPS) is 26.5. The lowest BCUT2D eigenvalue weighted by atomic mass is 9.82. The van der Waals surface area contributed by atoms with E-state index in [4.69, 9.17) is 4.74 Å². The SMILES string of the molecule is C=C[C@H]1C[C@@H](/C=C/c2ccc(F)cc2)[C@@H](C(=O)OC)[C@H]1C(=O)CC. The molecule has 1 aliphatic carbocycles. The van der Waals surface area contributed by atoms with Crippen molar-refractivity contribution >= 4 is 17.8 Å². The molecule has 0 bridgehead atoms. The zero-order chi connectivity index (χ0) is 17.7. The van der Waals surface area contributed by atoms with Crippen LogP contribution in [-0.2, 0) is 14.3 Å². The lowest BCUT2D eigenvalue weighted by Gasteiger charge is -2.21. The van der Waals surface area contributed by atoms with Crippen LogP contribution >= 0.6 is 0 Å². The van der Waals surface area contributed by atoms with Gasteiger partial charge in [-0.25, -0.2) is 4.39 Å². The fourth-order valence-corrected chi connectivity index (χ4v) is 3.52. The van der Waals surface area contributed by atoms with Crippen molar-refractivity contribution in [2.75, 3.05) is 7.11 Å². The third-order valence-corrected chi connectivity index (χ3v) is 4.76. The van der Waals surface area contributed by atoms with Crippen molar-refractivity contribution in [2.24, 2.45) is 23.7 Å². The molecular formula is C20H23FO3. The third kappa shape index (κ3) is 3.81. The van der Waals surface area contributed by atoms with Crippen molar-refractivity contribution in [1.29, 1.82) is 0 Å². The summed E-state index contributed by atoms with van der Waals surface area (Å²) in [5, 5.41) is 0. The average molecular weight is 330 g/mol. The van der Waals surface area contributed by atoms with E-state index in [2.05, 4.69) is 6.58 Å². The molecule has 0 aromatic heterocycles. The molecule has 3 nitrogen and oxygen atoms in total. The Morgan fingerprint density at radius 3 is 2.46 bits per heavy atom. The Bertz CT molecular complexity index is 633. The number of rotatable bonds is 6. The molecule has 1 saturated carbocycles. The highest BCUT2D eigenvalue weighted by Crippen LogP contribution is 2.44. The van der Waals surface area contributed by atoms with Gasteiger partial charge in [0.15, 0.2) is 0 Å². The molecule has 0 heterocycles. The van der Waals surface area contributed by atoms with Crippen LogP contribution in [0.2, 0.25) is 0 Å². The molecule has 0 saturated heterocycles. The lowest BCUT2D eigenvalue weighted by Crippen LogP contribution is -2.31. The minimum atomic E-state index is -0.498. The molecule has 128 valence electrons. The summed E-state index contributed by atoms with van der Waals surface area (Å²) in [5.74, 6) is -1.62. The molecule has 1 aliphatic rings. The Kier molecular flexibility index (Phi) is 6.07. The molecule has 2 rings (SSSR count). The second kappa shape index (κ2) is 8.04. The Morgan fingerprint density at radius 2 is 1.92 bits per heavy atom. The van der Waals surface area contributed by atoms with E-state index < -0.39 is 5.92 Å². The maximum absolute atomic E-state index is 13.0. The van der Waals surface area contributed by atoms with Crippen LogP contribution in [0.3, 0.4) is 0 Å². The molecule has 0 spiro atoms. The van der Waals surface area contributed by atoms with E-state index >= 15 is 0 Å². The van der Waals surface area contributed by atoms with Crippen molar-refractivity contribution in [3.8, 4) is 0 Å². The number of Topliss-reactive ketones (excluding diaryl/α,β-unsaturated/α-hetero) is 1. The number of carbonyl (C=O) groups is 2. The number of ether oxygens (including phenoxy) is 1. The van der Waals surface area contributed by atoms with Gasteiger partial charge in [-0.3, -0.25) is 9.59 Å². The molecule has 1 aromatic rings. The third-order valence-electron chi connectivity index (χ3n) is 4.76. The summed E-state index contributed by atoms with van der Waals surface area (Å²) in [4.78, 5) is 24.6. The Balaban J connectivity index is 2.29. The monoisotopic (exact) mass is 330 g/mol. The zero-order valence-electron chi connectivity index (χ0n) is 14.1. The summed E-state index contributed by atoms with van der Waals surface area (Å²) in [7, 11) is 1.35. The lowest BCUT2D eigenvalue weighted by molar-refractivity contribution is -0.150. The molecule has 0 N–H and O–H groups in total. The summed E-state index contributed by atoms with van der Waals surface area (Å²) in [6, 6.07) is 6.13. The number of hydrogen-bond acceptors (Lipinski definition) is 3. The summed E-state index contributed by atoms with van der Waals surface area (Å²) >= 11 is 0. The van der Waals surface area contributed by atoms with E-state index in [-0.39, 0.29) is 35.3 Å². The van der Waals surface area contributed by atoms with Crippen LogP contribution in [0.5, 0.6) is 0 Å². The summed E-state index contributed by atoms with van der Waals surface area (Å²) in [5.41, 5.74) is 0.848. The highest BCUT2D eigenvalue weighted by Gasteiger charge is 2.48. The van der Waals surface area contributed by atoms with Crippen LogP contribution in [0, 0.1) is 29.5 Å². The van der Waals surface area contributed by atoms with Gasteiger partial charge in [-0.2, -0.15) is 0 Å². The number of esters is 1. The van der Waals surface area contributed by atoms with Crippen LogP contribution in [0.25, 0.3) is 6.08 Å². The maximum atomic E-state index is 13.0. The van der Waals surface area contributed by atoms with Gasteiger partial charge in [0.05, 0.1) is 13.0 Å². The van der Waals surface area contributed by atoms with Crippen LogP contribution in [0.4, 0.5) is 4.39 Å². The highest BCUT2D eigenvalue weighted by atomic mass is 19.1. The molecule has 0 aliphatic heterocycles. The van der Waals surface area contributed by atoms with Gasteiger partial charge in [-0.1, -0.05) is 37.3 Å². The average Bonchev–Trinajstić information content (AvgIpc) is 2.98. The first-order valence-electron chi connectivity index (χ1n) is 8.18. The first-order chi connectivity index (χ1) is 11.5. The van der Waals surface area contributed by atoms with Gasteiger partial charge in [-0.15, -0.1) is 6.58 Å². The minimum absolute atomic E-state index is 0.0376. The van der Waals surface area contributed by atoms with Crippen LogP contribution in [-0.4, -0.2) is 18.9 Å². The largest absolute Gasteiger partial charge is 0.469 e. The molecule has 0 radical (unpaired) electrons. The number of carbonyl (C=O) groups excluding carboxylic acids is 2. The quantitative estimate of drug-likeness (QED) is 0.584. The van der Waals surface area contributed by atoms with Gasteiger partial charge >= 0.3 is 5.97 Å². The van der Waals surface area contributed by atoms with Crippen LogP contribution in [0.15, 0.2) is 43.0 Å². The van der Waals surface area contributed by atoms with Crippen molar-refractivity contribution < 1.29 is 18.7 Å². The van der Waals surface area contributed by atoms with Crippen molar-refractivity contribution in [2.45, 2.75) is 19.8 Å². The predicted molar refractivity (Wildman–Crippen MR) is 91.5 cm³/mol. The van der Waals surface area contributed by atoms with Crippen molar-refractivity contribution in [3.05, 3.63) is 54.4 Å². The van der Waals surface area contributed by atoms with Crippen molar-refractivity contribution in [3.63, 3.8) is 0 Å². The fourth-order valence-electron chi connectivity index (χ4n) is 3.52. The first-order valence-corrected chi connectivity index (χ1v) is 8.18. The van der Waals surface area contributed by atoms with E-state index in [0.717, 1.165) is 5.56 Å². The first kappa shape index (κ1) is 18.1.